The predicted octanol–water partition coefficient (Wildman–Crippen LogP) is 2.05. The molecular formula is C15H18N4O. The number of rotatable bonds is 4. The minimum absolute atomic E-state index is 0.261. The van der Waals surface area contributed by atoms with Gasteiger partial charge in [-0.1, -0.05) is 36.8 Å². The predicted molar refractivity (Wildman–Crippen MR) is 78.8 cm³/mol. The van der Waals surface area contributed by atoms with Crippen molar-refractivity contribution in [2.75, 3.05) is 0 Å². The lowest BCUT2D eigenvalue weighted by molar-refractivity contribution is 0.0945. The molecule has 0 aliphatic carbocycles. The molecule has 2 aromatic rings. The van der Waals surface area contributed by atoms with E-state index in [9.17, 15) is 4.79 Å². The fraction of sp³-hybridized carbons (Fsp3) is 0.267. The highest BCUT2D eigenvalue weighted by Gasteiger charge is 2.11. The molecule has 0 saturated carbocycles. The van der Waals surface area contributed by atoms with E-state index < -0.39 is 0 Å². The van der Waals surface area contributed by atoms with Crippen molar-refractivity contribution in [2.24, 2.45) is 12.1 Å². The van der Waals surface area contributed by atoms with Crippen molar-refractivity contribution in [1.82, 2.24) is 15.2 Å². The Kier molecular flexibility index (Phi) is 4.30. The van der Waals surface area contributed by atoms with Gasteiger partial charge in [-0.3, -0.25) is 9.48 Å². The van der Waals surface area contributed by atoms with E-state index in [0.29, 0.717) is 5.69 Å². The molecule has 0 aliphatic heterocycles. The smallest absolute Gasteiger partial charge is 0.266 e. The number of hydrogen-bond donors (Lipinski definition) is 1. The first-order valence-electron chi connectivity index (χ1n) is 6.53. The third-order valence-corrected chi connectivity index (χ3v) is 2.98. The van der Waals surface area contributed by atoms with E-state index in [1.165, 1.54) is 5.56 Å². The van der Waals surface area contributed by atoms with Crippen LogP contribution < -0.4 is 5.43 Å². The van der Waals surface area contributed by atoms with E-state index in [1.807, 2.05) is 38.1 Å². The van der Waals surface area contributed by atoms with Gasteiger partial charge in [0.15, 0.2) is 0 Å². The largest absolute Gasteiger partial charge is 0.289 e. The molecule has 0 unspecified atom stereocenters. The molecule has 104 valence electrons. The molecule has 0 atom stereocenters. The Labute approximate surface area is 118 Å². The van der Waals surface area contributed by atoms with Crippen LogP contribution in [0.5, 0.6) is 0 Å². The van der Waals surface area contributed by atoms with E-state index in [1.54, 1.807) is 24.0 Å². The summed E-state index contributed by atoms with van der Waals surface area (Å²) in [4.78, 5) is 12.0. The third kappa shape index (κ3) is 3.32. The Bertz CT molecular complexity index is 626. The summed E-state index contributed by atoms with van der Waals surface area (Å²) in [6.45, 7) is 4.02. The molecule has 0 bridgehead atoms. The van der Waals surface area contributed by atoms with Gasteiger partial charge in [0.05, 0.1) is 11.9 Å². The lowest BCUT2D eigenvalue weighted by Gasteiger charge is -1.99. The molecule has 1 aromatic heterocycles. The maximum Gasteiger partial charge on any atom is 0.289 e. The number of benzene rings is 1. The average Bonchev–Trinajstić information content (AvgIpc) is 2.82. The first-order valence-corrected chi connectivity index (χ1v) is 6.53. The molecule has 1 amide bonds. The summed E-state index contributed by atoms with van der Waals surface area (Å²) in [5.74, 6) is -0.261. The second-order valence-corrected chi connectivity index (χ2v) is 4.61. The molecule has 0 saturated heterocycles. The van der Waals surface area contributed by atoms with Crippen LogP contribution in [0.2, 0.25) is 0 Å². The fourth-order valence-electron chi connectivity index (χ4n) is 1.79. The van der Waals surface area contributed by atoms with Crippen molar-refractivity contribution in [3.63, 3.8) is 0 Å². The SMILES string of the molecule is CCc1cc(C(=O)NN=Cc2ccc(C)cc2)n(C)n1. The highest BCUT2D eigenvalue weighted by molar-refractivity contribution is 5.93. The van der Waals surface area contributed by atoms with Crippen LogP contribution in [0, 0.1) is 6.92 Å². The molecule has 1 heterocycles. The average molecular weight is 270 g/mol. The van der Waals surface area contributed by atoms with E-state index in [0.717, 1.165) is 17.7 Å². The molecule has 0 spiro atoms. The Balaban J connectivity index is 2.01. The van der Waals surface area contributed by atoms with E-state index in [-0.39, 0.29) is 5.91 Å². The van der Waals surface area contributed by atoms with Crippen LogP contribution in [0.15, 0.2) is 35.4 Å². The quantitative estimate of drug-likeness (QED) is 0.683. The lowest BCUT2D eigenvalue weighted by atomic mass is 10.2. The zero-order valence-corrected chi connectivity index (χ0v) is 11.9. The van der Waals surface area contributed by atoms with Crippen molar-refractivity contribution in [2.45, 2.75) is 20.3 Å². The molecule has 0 radical (unpaired) electrons. The van der Waals surface area contributed by atoms with Crippen LogP contribution in [-0.2, 0) is 13.5 Å². The number of aryl methyl sites for hydroxylation is 3. The van der Waals surface area contributed by atoms with Gasteiger partial charge in [-0.15, -0.1) is 0 Å². The molecular weight excluding hydrogens is 252 g/mol. The number of nitrogens with one attached hydrogen (secondary N) is 1. The van der Waals surface area contributed by atoms with Crippen LogP contribution in [0.25, 0.3) is 0 Å². The van der Waals surface area contributed by atoms with E-state index in [4.69, 9.17) is 0 Å². The molecule has 1 N–H and O–H groups in total. The maximum atomic E-state index is 12.0. The molecule has 0 aliphatic rings. The molecule has 5 heteroatoms. The topological polar surface area (TPSA) is 59.3 Å². The minimum atomic E-state index is -0.261. The standard InChI is InChI=1S/C15H18N4O/c1-4-13-9-14(19(3)18-13)15(20)17-16-10-12-7-5-11(2)6-8-12/h5-10H,4H2,1-3H3,(H,17,20). The Hall–Kier alpha value is -2.43. The summed E-state index contributed by atoms with van der Waals surface area (Å²) in [5, 5.41) is 8.19. The summed E-state index contributed by atoms with van der Waals surface area (Å²) < 4.78 is 1.57. The fourth-order valence-corrected chi connectivity index (χ4v) is 1.79. The summed E-state index contributed by atoms with van der Waals surface area (Å²) in [6, 6.07) is 9.67. The second kappa shape index (κ2) is 6.14. The highest BCUT2D eigenvalue weighted by atomic mass is 16.2. The van der Waals surface area contributed by atoms with Crippen LogP contribution >= 0.6 is 0 Å². The van der Waals surface area contributed by atoms with Crippen molar-refractivity contribution in [3.8, 4) is 0 Å². The number of carbonyl (C=O) groups excluding carboxylic acids is 1. The van der Waals surface area contributed by atoms with Crippen LogP contribution in [0.4, 0.5) is 0 Å². The molecule has 1 aromatic carbocycles. The van der Waals surface area contributed by atoms with Gasteiger partial charge < -0.3 is 0 Å². The molecule has 0 fully saturated rings. The molecule has 5 nitrogen and oxygen atoms in total. The normalized spacial score (nSPS) is 10.9. The van der Waals surface area contributed by atoms with Crippen LogP contribution in [0.1, 0.15) is 34.2 Å². The summed E-state index contributed by atoms with van der Waals surface area (Å²) in [7, 11) is 1.75. The molecule has 20 heavy (non-hydrogen) atoms. The van der Waals surface area contributed by atoms with Gasteiger partial charge in [-0.05, 0) is 25.0 Å². The van der Waals surface area contributed by atoms with Gasteiger partial charge in [0, 0.05) is 7.05 Å². The highest BCUT2D eigenvalue weighted by Crippen LogP contribution is 2.04. The van der Waals surface area contributed by atoms with E-state index in [2.05, 4.69) is 15.6 Å². The monoisotopic (exact) mass is 270 g/mol. The number of hydrogen-bond acceptors (Lipinski definition) is 3. The van der Waals surface area contributed by atoms with Gasteiger partial charge in [0.25, 0.3) is 5.91 Å². The Morgan fingerprint density at radius 2 is 2.10 bits per heavy atom. The lowest BCUT2D eigenvalue weighted by Crippen LogP contribution is -2.20. The Morgan fingerprint density at radius 1 is 1.40 bits per heavy atom. The summed E-state index contributed by atoms with van der Waals surface area (Å²) in [5.41, 5.74) is 6.03. The van der Waals surface area contributed by atoms with Crippen LogP contribution in [-0.4, -0.2) is 21.9 Å². The van der Waals surface area contributed by atoms with Crippen molar-refractivity contribution < 1.29 is 4.79 Å². The van der Waals surface area contributed by atoms with Crippen LogP contribution in [0.3, 0.4) is 0 Å². The zero-order chi connectivity index (χ0) is 14.5. The van der Waals surface area contributed by atoms with Crippen molar-refractivity contribution in [1.29, 1.82) is 0 Å². The number of amides is 1. The number of nitrogens with zero attached hydrogens (tertiary/aromatic N) is 3. The van der Waals surface area contributed by atoms with Crippen molar-refractivity contribution >= 4 is 12.1 Å². The minimum Gasteiger partial charge on any atom is -0.266 e. The maximum absolute atomic E-state index is 12.0. The van der Waals surface area contributed by atoms with Gasteiger partial charge in [0.2, 0.25) is 0 Å². The first kappa shape index (κ1) is 14.0. The first-order chi connectivity index (χ1) is 9.60. The zero-order valence-electron chi connectivity index (χ0n) is 11.9. The second-order valence-electron chi connectivity index (χ2n) is 4.61. The van der Waals surface area contributed by atoms with E-state index >= 15 is 0 Å². The molecule has 2 rings (SSSR count). The van der Waals surface area contributed by atoms with Crippen molar-refractivity contribution in [3.05, 3.63) is 52.8 Å². The number of aromatic nitrogens is 2. The summed E-state index contributed by atoms with van der Waals surface area (Å²) >= 11 is 0. The number of hydrazone groups is 1. The Morgan fingerprint density at radius 3 is 2.70 bits per heavy atom. The van der Waals surface area contributed by atoms with Gasteiger partial charge in [0.1, 0.15) is 5.69 Å². The van der Waals surface area contributed by atoms with Gasteiger partial charge in [-0.25, -0.2) is 5.43 Å². The number of carbonyl (C=O) groups is 1. The van der Waals surface area contributed by atoms with Gasteiger partial charge in [-0.2, -0.15) is 10.2 Å². The summed E-state index contributed by atoms with van der Waals surface area (Å²) in [6.07, 6.45) is 2.42. The van der Waals surface area contributed by atoms with Gasteiger partial charge >= 0.3 is 0 Å². The third-order valence-electron chi connectivity index (χ3n) is 2.98.